The van der Waals surface area contributed by atoms with Gasteiger partial charge in [0.15, 0.2) is 0 Å². The second-order valence-electron chi connectivity index (χ2n) is 9.53. The van der Waals surface area contributed by atoms with Gasteiger partial charge in [0.2, 0.25) is 0 Å². The first-order valence-electron chi connectivity index (χ1n) is 10.2. The van der Waals surface area contributed by atoms with Crippen LogP contribution < -0.4 is 0 Å². The van der Waals surface area contributed by atoms with Gasteiger partial charge >= 0.3 is 5.97 Å². The summed E-state index contributed by atoms with van der Waals surface area (Å²) in [4.78, 5) is 24.2. The molecule has 6 atom stereocenters. The fourth-order valence-corrected chi connectivity index (χ4v) is 7.12. The molecule has 4 unspecified atom stereocenters. The molecule has 0 aromatic carbocycles. The zero-order chi connectivity index (χ0) is 18.7. The number of hydrogen-bond donors (Lipinski definition) is 1. The molecule has 142 valence electrons. The van der Waals surface area contributed by atoms with E-state index in [1.54, 1.807) is 0 Å². The van der Waals surface area contributed by atoms with Crippen LogP contribution in [-0.2, 0) is 14.3 Å². The number of allylic oxidation sites excluding steroid dienone is 1. The van der Waals surface area contributed by atoms with Gasteiger partial charge in [-0.25, -0.2) is 0 Å². The fraction of sp³-hybridized carbons (Fsp3) is 0.773. The molecule has 4 aliphatic carbocycles. The highest BCUT2D eigenvalue weighted by Crippen LogP contribution is 2.66. The van der Waals surface area contributed by atoms with Crippen molar-refractivity contribution in [2.45, 2.75) is 65.2 Å². The molecule has 1 N–H and O–H groups in total. The maximum Gasteiger partial charge on any atom is 0.302 e. The highest BCUT2D eigenvalue weighted by molar-refractivity contribution is 5.87. The summed E-state index contributed by atoms with van der Waals surface area (Å²) in [6, 6.07) is 0. The Morgan fingerprint density at radius 2 is 2.00 bits per heavy atom. The molecule has 4 heteroatoms. The maximum absolute atomic E-state index is 12.6. The molecule has 4 saturated carbocycles. The number of esters is 1. The quantitative estimate of drug-likeness (QED) is 0.591. The average molecular weight is 357 g/mol. The first-order chi connectivity index (χ1) is 12.3. The predicted molar refractivity (Wildman–Crippen MR) is 99.9 cm³/mol. The molecule has 4 rings (SSSR count). The van der Waals surface area contributed by atoms with E-state index in [4.69, 9.17) is 10.1 Å². The Hall–Kier alpha value is -1.45. The molecule has 4 fully saturated rings. The summed E-state index contributed by atoms with van der Waals surface area (Å²) in [6.45, 7) is 8.56. The number of fused-ring (bicyclic) bond motifs is 5. The average Bonchev–Trinajstić information content (AvgIpc) is 2.90. The normalized spacial score (nSPS) is 44.9. The lowest BCUT2D eigenvalue weighted by Gasteiger charge is -2.60. The van der Waals surface area contributed by atoms with Crippen molar-refractivity contribution in [1.29, 1.82) is 5.41 Å². The monoisotopic (exact) mass is 357 g/mol. The van der Waals surface area contributed by atoms with Crippen LogP contribution in [0.4, 0.5) is 0 Å². The van der Waals surface area contributed by atoms with Gasteiger partial charge in [-0.2, -0.15) is 0 Å². The Balaban J connectivity index is 1.72. The Morgan fingerprint density at radius 3 is 2.73 bits per heavy atom. The Morgan fingerprint density at radius 1 is 1.23 bits per heavy atom. The van der Waals surface area contributed by atoms with E-state index in [0.29, 0.717) is 30.1 Å². The maximum atomic E-state index is 12.6. The highest BCUT2D eigenvalue weighted by Gasteiger charge is 2.62. The van der Waals surface area contributed by atoms with Crippen molar-refractivity contribution >= 4 is 17.5 Å². The lowest BCUT2D eigenvalue weighted by Crippen LogP contribution is -2.57. The number of Topliss-reactive ketones (excluding diaryl/α,β-unsaturated/α-hetero) is 1. The van der Waals surface area contributed by atoms with E-state index in [0.717, 1.165) is 57.1 Å². The van der Waals surface area contributed by atoms with E-state index in [9.17, 15) is 9.59 Å². The molecule has 0 amide bonds. The van der Waals surface area contributed by atoms with Gasteiger partial charge in [0.1, 0.15) is 5.78 Å². The molecule has 0 aromatic rings. The van der Waals surface area contributed by atoms with Crippen molar-refractivity contribution in [3.63, 3.8) is 0 Å². The minimum atomic E-state index is -0.219. The van der Waals surface area contributed by atoms with E-state index < -0.39 is 0 Å². The number of nitrogens with one attached hydrogen (secondary N) is 1. The summed E-state index contributed by atoms with van der Waals surface area (Å²) >= 11 is 0. The van der Waals surface area contributed by atoms with Gasteiger partial charge in [0.05, 0.1) is 6.61 Å². The topological polar surface area (TPSA) is 67.2 Å². The Kier molecular flexibility index (Phi) is 4.16. The molecular weight excluding hydrogens is 326 g/mol. The molecule has 0 aliphatic heterocycles. The lowest BCUT2D eigenvalue weighted by molar-refractivity contribution is -0.157. The van der Waals surface area contributed by atoms with Gasteiger partial charge < -0.3 is 10.1 Å². The standard InChI is InChI=1S/C22H31NO3/c1-13-10-16-17-4-5-20(25)21(17,3)8-7-18(16)22(12-26-14(2)24)9-6-15(23)11-19(13)22/h16-19,23H,1,4-12H2,2-3H3/t16?,17?,18?,19?,21-,22-/m0/s1. The van der Waals surface area contributed by atoms with Crippen LogP contribution in [0, 0.1) is 39.9 Å². The van der Waals surface area contributed by atoms with Crippen LogP contribution in [0.1, 0.15) is 65.2 Å². The molecule has 26 heavy (non-hydrogen) atoms. The molecule has 0 bridgehead atoms. The molecule has 4 aliphatic rings. The summed E-state index contributed by atoms with van der Waals surface area (Å²) in [6.07, 6.45) is 7.21. The number of carbonyl (C=O) groups is 2. The van der Waals surface area contributed by atoms with Crippen molar-refractivity contribution in [3.8, 4) is 0 Å². The first-order valence-corrected chi connectivity index (χ1v) is 10.2. The number of rotatable bonds is 2. The van der Waals surface area contributed by atoms with Gasteiger partial charge in [-0.15, -0.1) is 0 Å². The zero-order valence-electron chi connectivity index (χ0n) is 16.1. The summed E-state index contributed by atoms with van der Waals surface area (Å²) in [5, 5.41) is 8.22. The number of ketones is 1. The number of ether oxygens (including phenoxy) is 1. The minimum absolute atomic E-state index is 0.0802. The molecule has 0 aromatic heterocycles. The molecule has 0 spiro atoms. The lowest BCUT2D eigenvalue weighted by atomic mass is 9.44. The third-order valence-corrected chi connectivity index (χ3v) is 8.46. The Labute approximate surface area is 156 Å². The number of carbonyl (C=O) groups excluding carboxylic acids is 2. The zero-order valence-corrected chi connectivity index (χ0v) is 16.1. The van der Waals surface area contributed by atoms with Gasteiger partial charge in [-0.1, -0.05) is 19.1 Å². The van der Waals surface area contributed by atoms with E-state index in [1.165, 1.54) is 12.5 Å². The van der Waals surface area contributed by atoms with E-state index in [-0.39, 0.29) is 22.7 Å². The van der Waals surface area contributed by atoms with Gasteiger partial charge in [-0.3, -0.25) is 9.59 Å². The van der Waals surface area contributed by atoms with Crippen LogP contribution >= 0.6 is 0 Å². The van der Waals surface area contributed by atoms with Crippen molar-refractivity contribution < 1.29 is 14.3 Å². The van der Waals surface area contributed by atoms with Crippen molar-refractivity contribution in [3.05, 3.63) is 12.2 Å². The van der Waals surface area contributed by atoms with Gasteiger partial charge in [0, 0.05) is 29.9 Å². The smallest absolute Gasteiger partial charge is 0.302 e. The first kappa shape index (κ1) is 17.9. The minimum Gasteiger partial charge on any atom is -0.465 e. The van der Waals surface area contributed by atoms with Gasteiger partial charge in [-0.05, 0) is 68.6 Å². The third kappa shape index (κ3) is 2.44. The van der Waals surface area contributed by atoms with Crippen molar-refractivity contribution in [1.82, 2.24) is 0 Å². The second kappa shape index (κ2) is 6.03. The summed E-state index contributed by atoms with van der Waals surface area (Å²) in [5.41, 5.74) is 1.80. The SMILES string of the molecule is C=C1CC2C(CC[C@]3(C)C(=O)CCC23)[C@@]2(COC(C)=O)CCC(=N)CC12. The summed E-state index contributed by atoms with van der Waals surface area (Å²) < 4.78 is 5.61. The van der Waals surface area contributed by atoms with Crippen LogP contribution in [0.25, 0.3) is 0 Å². The summed E-state index contributed by atoms with van der Waals surface area (Å²) in [5.74, 6) is 1.89. The van der Waals surface area contributed by atoms with Crippen molar-refractivity contribution in [2.24, 2.45) is 34.5 Å². The molecule has 0 saturated heterocycles. The van der Waals surface area contributed by atoms with Crippen molar-refractivity contribution in [2.75, 3.05) is 6.61 Å². The fourth-order valence-electron chi connectivity index (χ4n) is 7.12. The highest BCUT2D eigenvalue weighted by atomic mass is 16.5. The third-order valence-electron chi connectivity index (χ3n) is 8.46. The molecule has 4 nitrogen and oxygen atoms in total. The molecule has 0 heterocycles. The predicted octanol–water partition coefficient (Wildman–Crippen LogP) is 4.33. The summed E-state index contributed by atoms with van der Waals surface area (Å²) in [7, 11) is 0. The van der Waals surface area contributed by atoms with E-state index in [1.807, 2.05) is 0 Å². The van der Waals surface area contributed by atoms with E-state index in [2.05, 4.69) is 13.5 Å². The van der Waals surface area contributed by atoms with E-state index >= 15 is 0 Å². The van der Waals surface area contributed by atoms with Crippen LogP contribution in [0.2, 0.25) is 0 Å². The molecule has 0 radical (unpaired) electrons. The van der Waals surface area contributed by atoms with Crippen LogP contribution in [0.3, 0.4) is 0 Å². The number of hydrogen-bond acceptors (Lipinski definition) is 4. The molecular formula is C22H31NO3. The van der Waals surface area contributed by atoms with Gasteiger partial charge in [0.25, 0.3) is 0 Å². The van der Waals surface area contributed by atoms with Crippen LogP contribution in [0.15, 0.2) is 12.2 Å². The largest absolute Gasteiger partial charge is 0.465 e. The van der Waals surface area contributed by atoms with Crippen LogP contribution in [0.5, 0.6) is 0 Å². The van der Waals surface area contributed by atoms with Crippen LogP contribution in [-0.4, -0.2) is 24.1 Å². The Bertz CT molecular complexity index is 683. The second-order valence-corrected chi connectivity index (χ2v) is 9.53.